The molecular weight excluding hydrogens is 242 g/mol. The SMILES string of the molecule is C=Cc1ccc(CCCc2ccccn2)c(Cl)c1. The monoisotopic (exact) mass is 257 g/mol. The van der Waals surface area contributed by atoms with Crippen LogP contribution in [0.5, 0.6) is 0 Å². The first-order valence-electron chi connectivity index (χ1n) is 6.10. The van der Waals surface area contributed by atoms with Crippen LogP contribution in [0.15, 0.2) is 49.2 Å². The molecule has 18 heavy (non-hydrogen) atoms. The van der Waals surface area contributed by atoms with Gasteiger partial charge in [-0.3, -0.25) is 4.98 Å². The Morgan fingerprint density at radius 3 is 2.72 bits per heavy atom. The van der Waals surface area contributed by atoms with E-state index in [-0.39, 0.29) is 0 Å². The molecule has 0 N–H and O–H groups in total. The van der Waals surface area contributed by atoms with Crippen molar-refractivity contribution in [1.29, 1.82) is 0 Å². The molecule has 0 saturated heterocycles. The fourth-order valence-corrected chi connectivity index (χ4v) is 2.18. The van der Waals surface area contributed by atoms with Crippen LogP contribution in [0.1, 0.15) is 23.2 Å². The molecule has 1 aromatic carbocycles. The van der Waals surface area contributed by atoms with Gasteiger partial charge in [0.2, 0.25) is 0 Å². The van der Waals surface area contributed by atoms with Crippen LogP contribution in [0.4, 0.5) is 0 Å². The summed E-state index contributed by atoms with van der Waals surface area (Å²) in [5.74, 6) is 0. The van der Waals surface area contributed by atoms with Crippen molar-refractivity contribution in [2.24, 2.45) is 0 Å². The van der Waals surface area contributed by atoms with Gasteiger partial charge in [0, 0.05) is 16.9 Å². The van der Waals surface area contributed by atoms with Gasteiger partial charge in [-0.2, -0.15) is 0 Å². The third-order valence-electron chi connectivity index (χ3n) is 2.92. The minimum Gasteiger partial charge on any atom is -0.261 e. The molecule has 2 aromatic rings. The van der Waals surface area contributed by atoms with E-state index in [1.165, 1.54) is 5.56 Å². The van der Waals surface area contributed by atoms with Crippen LogP contribution >= 0.6 is 11.6 Å². The predicted molar refractivity (Wildman–Crippen MR) is 77.8 cm³/mol. The Labute approximate surface area is 113 Å². The average Bonchev–Trinajstić information content (AvgIpc) is 2.42. The number of halogens is 1. The summed E-state index contributed by atoms with van der Waals surface area (Å²) in [6.45, 7) is 3.74. The number of aromatic nitrogens is 1. The molecule has 2 heteroatoms. The van der Waals surface area contributed by atoms with E-state index in [4.69, 9.17) is 11.6 Å². The summed E-state index contributed by atoms with van der Waals surface area (Å²) >= 11 is 6.23. The molecule has 1 aromatic heterocycles. The molecule has 0 saturated carbocycles. The quantitative estimate of drug-likeness (QED) is 0.766. The van der Waals surface area contributed by atoms with Crippen LogP contribution < -0.4 is 0 Å². The fraction of sp³-hybridized carbons (Fsp3) is 0.188. The second-order valence-corrected chi connectivity index (χ2v) is 4.64. The van der Waals surface area contributed by atoms with Crippen molar-refractivity contribution in [1.82, 2.24) is 4.98 Å². The maximum absolute atomic E-state index is 6.23. The van der Waals surface area contributed by atoms with Crippen molar-refractivity contribution < 1.29 is 0 Å². The minimum atomic E-state index is 0.827. The highest BCUT2D eigenvalue weighted by atomic mass is 35.5. The lowest BCUT2D eigenvalue weighted by atomic mass is 10.0. The molecule has 0 fully saturated rings. The molecular formula is C16H16ClN. The van der Waals surface area contributed by atoms with Crippen LogP contribution in [0.2, 0.25) is 5.02 Å². The second kappa shape index (κ2) is 6.36. The molecule has 2 rings (SSSR count). The first kappa shape index (κ1) is 12.8. The zero-order valence-corrected chi connectivity index (χ0v) is 11.0. The van der Waals surface area contributed by atoms with E-state index in [2.05, 4.69) is 29.8 Å². The number of rotatable bonds is 5. The lowest BCUT2D eigenvalue weighted by molar-refractivity contribution is 0.799. The highest BCUT2D eigenvalue weighted by Crippen LogP contribution is 2.20. The van der Waals surface area contributed by atoms with Crippen molar-refractivity contribution in [3.63, 3.8) is 0 Å². The molecule has 0 aliphatic heterocycles. The van der Waals surface area contributed by atoms with Gasteiger partial charge in [0.1, 0.15) is 0 Å². The Morgan fingerprint density at radius 1 is 1.17 bits per heavy atom. The van der Waals surface area contributed by atoms with E-state index in [0.717, 1.165) is 35.5 Å². The summed E-state index contributed by atoms with van der Waals surface area (Å²) in [7, 11) is 0. The highest BCUT2D eigenvalue weighted by Gasteiger charge is 2.01. The zero-order chi connectivity index (χ0) is 12.8. The lowest BCUT2D eigenvalue weighted by Crippen LogP contribution is -1.93. The molecule has 0 amide bonds. The Bertz CT molecular complexity index is 520. The molecule has 0 atom stereocenters. The zero-order valence-electron chi connectivity index (χ0n) is 10.3. The van der Waals surface area contributed by atoms with Gasteiger partial charge in [-0.25, -0.2) is 0 Å². The number of hydrogen-bond donors (Lipinski definition) is 0. The average molecular weight is 258 g/mol. The van der Waals surface area contributed by atoms with Crippen molar-refractivity contribution in [3.8, 4) is 0 Å². The van der Waals surface area contributed by atoms with E-state index >= 15 is 0 Å². The molecule has 0 unspecified atom stereocenters. The number of nitrogens with zero attached hydrogens (tertiary/aromatic N) is 1. The molecule has 0 bridgehead atoms. The van der Waals surface area contributed by atoms with Crippen LogP contribution in [0.3, 0.4) is 0 Å². The van der Waals surface area contributed by atoms with Gasteiger partial charge in [-0.1, -0.05) is 42.5 Å². The van der Waals surface area contributed by atoms with Crippen LogP contribution in [0, 0.1) is 0 Å². The van der Waals surface area contributed by atoms with Crippen LogP contribution in [-0.4, -0.2) is 4.98 Å². The Morgan fingerprint density at radius 2 is 2.06 bits per heavy atom. The molecule has 0 aliphatic rings. The number of benzene rings is 1. The van der Waals surface area contributed by atoms with E-state index in [9.17, 15) is 0 Å². The standard InChI is InChI=1S/C16H16ClN/c1-2-13-9-10-14(16(17)12-13)6-5-8-15-7-3-4-11-18-15/h2-4,7,9-12H,1,5-6,8H2. The molecule has 1 heterocycles. The van der Waals surface area contributed by atoms with Crippen molar-refractivity contribution in [2.45, 2.75) is 19.3 Å². The van der Waals surface area contributed by atoms with Gasteiger partial charge in [-0.05, 0) is 48.6 Å². The second-order valence-electron chi connectivity index (χ2n) is 4.23. The van der Waals surface area contributed by atoms with E-state index in [0.29, 0.717) is 0 Å². The Balaban J connectivity index is 1.92. The normalized spacial score (nSPS) is 10.3. The molecule has 0 spiro atoms. The predicted octanol–water partition coefficient (Wildman–Crippen LogP) is 4.55. The topological polar surface area (TPSA) is 12.9 Å². The molecule has 0 aliphatic carbocycles. The van der Waals surface area contributed by atoms with Crippen molar-refractivity contribution >= 4 is 17.7 Å². The van der Waals surface area contributed by atoms with Crippen LogP contribution in [0.25, 0.3) is 6.08 Å². The van der Waals surface area contributed by atoms with Gasteiger partial charge in [0.15, 0.2) is 0 Å². The maximum atomic E-state index is 6.23. The highest BCUT2D eigenvalue weighted by molar-refractivity contribution is 6.31. The number of aryl methyl sites for hydroxylation is 2. The largest absolute Gasteiger partial charge is 0.261 e. The maximum Gasteiger partial charge on any atom is 0.0443 e. The first-order chi connectivity index (χ1) is 8.79. The summed E-state index contributed by atoms with van der Waals surface area (Å²) < 4.78 is 0. The summed E-state index contributed by atoms with van der Waals surface area (Å²) in [4.78, 5) is 4.31. The van der Waals surface area contributed by atoms with Crippen molar-refractivity contribution in [3.05, 3.63) is 71.0 Å². The summed E-state index contributed by atoms with van der Waals surface area (Å²) in [5, 5.41) is 0.827. The minimum absolute atomic E-state index is 0.827. The number of pyridine rings is 1. The van der Waals surface area contributed by atoms with E-state index < -0.39 is 0 Å². The van der Waals surface area contributed by atoms with Gasteiger partial charge in [0.25, 0.3) is 0 Å². The fourth-order valence-electron chi connectivity index (χ4n) is 1.90. The van der Waals surface area contributed by atoms with Gasteiger partial charge in [0.05, 0.1) is 0 Å². The van der Waals surface area contributed by atoms with E-state index in [1.54, 1.807) is 0 Å². The third kappa shape index (κ3) is 3.44. The van der Waals surface area contributed by atoms with Crippen LogP contribution in [-0.2, 0) is 12.8 Å². The molecule has 0 radical (unpaired) electrons. The Kier molecular flexibility index (Phi) is 4.54. The summed E-state index contributed by atoms with van der Waals surface area (Å²) in [6.07, 6.45) is 6.67. The smallest absolute Gasteiger partial charge is 0.0443 e. The first-order valence-corrected chi connectivity index (χ1v) is 6.48. The summed E-state index contributed by atoms with van der Waals surface area (Å²) in [5.41, 5.74) is 3.39. The van der Waals surface area contributed by atoms with Gasteiger partial charge < -0.3 is 0 Å². The molecule has 1 nitrogen and oxygen atoms in total. The van der Waals surface area contributed by atoms with Gasteiger partial charge in [-0.15, -0.1) is 0 Å². The summed E-state index contributed by atoms with van der Waals surface area (Å²) in [6, 6.07) is 12.1. The van der Waals surface area contributed by atoms with Crippen molar-refractivity contribution in [2.75, 3.05) is 0 Å². The molecule has 92 valence electrons. The Hall–Kier alpha value is -1.60. The number of hydrogen-bond acceptors (Lipinski definition) is 1. The third-order valence-corrected chi connectivity index (χ3v) is 3.27. The van der Waals surface area contributed by atoms with E-state index in [1.807, 2.05) is 30.5 Å². The van der Waals surface area contributed by atoms with Gasteiger partial charge >= 0.3 is 0 Å². The lowest BCUT2D eigenvalue weighted by Gasteiger charge is -2.05.